The molecule has 1 atom stereocenters. The van der Waals surface area contributed by atoms with Crippen molar-refractivity contribution in [2.75, 3.05) is 20.3 Å². The number of ether oxygens (including phenoxy) is 2. The van der Waals surface area contributed by atoms with Crippen LogP contribution in [0.25, 0.3) is 0 Å². The van der Waals surface area contributed by atoms with Crippen molar-refractivity contribution < 1.29 is 9.47 Å². The zero-order valence-electron chi connectivity index (χ0n) is 11.3. The molecule has 1 aromatic carbocycles. The van der Waals surface area contributed by atoms with Gasteiger partial charge in [-0.25, -0.2) is 0 Å². The molecular formula is C15H21NO2. The molecule has 1 unspecified atom stereocenters. The van der Waals surface area contributed by atoms with Crippen LogP contribution in [0.2, 0.25) is 0 Å². The fourth-order valence-electron chi connectivity index (χ4n) is 1.36. The molecule has 0 aliphatic heterocycles. The molecule has 0 aliphatic rings. The maximum Gasteiger partial charge on any atom is 0.135 e. The van der Waals surface area contributed by atoms with Gasteiger partial charge in [0.15, 0.2) is 0 Å². The molecule has 1 aromatic rings. The smallest absolute Gasteiger partial charge is 0.135 e. The maximum atomic E-state index is 5.79. The first-order chi connectivity index (χ1) is 8.71. The van der Waals surface area contributed by atoms with Crippen LogP contribution in [0.3, 0.4) is 0 Å². The molecule has 1 rings (SSSR count). The van der Waals surface area contributed by atoms with E-state index in [0.717, 1.165) is 23.5 Å². The number of benzene rings is 1. The summed E-state index contributed by atoms with van der Waals surface area (Å²) in [6.45, 7) is 5.34. The maximum absolute atomic E-state index is 5.79. The second-order valence-electron chi connectivity index (χ2n) is 4.19. The SMILES string of the molecule is CCC(C)COc1ccc(OC)cc1C#CCN. The lowest BCUT2D eigenvalue weighted by Gasteiger charge is -2.13. The summed E-state index contributed by atoms with van der Waals surface area (Å²) in [6.07, 6.45) is 1.10. The van der Waals surface area contributed by atoms with E-state index in [9.17, 15) is 0 Å². The zero-order valence-corrected chi connectivity index (χ0v) is 11.3. The van der Waals surface area contributed by atoms with E-state index in [0.29, 0.717) is 19.1 Å². The molecule has 0 saturated carbocycles. The lowest BCUT2D eigenvalue weighted by Crippen LogP contribution is -2.08. The van der Waals surface area contributed by atoms with E-state index in [-0.39, 0.29) is 0 Å². The molecule has 0 aromatic heterocycles. The summed E-state index contributed by atoms with van der Waals surface area (Å²) < 4.78 is 11.0. The van der Waals surface area contributed by atoms with E-state index in [1.807, 2.05) is 18.2 Å². The van der Waals surface area contributed by atoms with Gasteiger partial charge in [0.05, 0.1) is 25.8 Å². The minimum Gasteiger partial charge on any atom is -0.497 e. The third-order valence-electron chi connectivity index (χ3n) is 2.73. The van der Waals surface area contributed by atoms with E-state index >= 15 is 0 Å². The highest BCUT2D eigenvalue weighted by Gasteiger charge is 2.06. The molecule has 0 saturated heterocycles. The Kier molecular flexibility index (Phi) is 6.10. The van der Waals surface area contributed by atoms with Crippen molar-refractivity contribution in [1.29, 1.82) is 0 Å². The van der Waals surface area contributed by atoms with Crippen LogP contribution in [0, 0.1) is 17.8 Å². The molecule has 2 N–H and O–H groups in total. The van der Waals surface area contributed by atoms with Crippen molar-refractivity contribution in [2.24, 2.45) is 11.7 Å². The van der Waals surface area contributed by atoms with E-state index < -0.39 is 0 Å². The Morgan fingerprint density at radius 1 is 1.39 bits per heavy atom. The number of rotatable bonds is 5. The Bertz CT molecular complexity index is 432. The van der Waals surface area contributed by atoms with Gasteiger partial charge in [0, 0.05) is 0 Å². The highest BCUT2D eigenvalue weighted by Crippen LogP contribution is 2.24. The lowest BCUT2D eigenvalue weighted by molar-refractivity contribution is 0.255. The lowest BCUT2D eigenvalue weighted by atomic mass is 10.1. The van der Waals surface area contributed by atoms with Gasteiger partial charge in [0.25, 0.3) is 0 Å². The van der Waals surface area contributed by atoms with Crippen LogP contribution in [-0.4, -0.2) is 20.3 Å². The summed E-state index contributed by atoms with van der Waals surface area (Å²) >= 11 is 0. The largest absolute Gasteiger partial charge is 0.497 e. The summed E-state index contributed by atoms with van der Waals surface area (Å²) in [5.74, 6) is 7.94. The van der Waals surface area contributed by atoms with Gasteiger partial charge in [-0.1, -0.05) is 32.1 Å². The molecule has 0 radical (unpaired) electrons. The first kappa shape index (κ1) is 14.4. The Labute approximate surface area is 109 Å². The van der Waals surface area contributed by atoms with Crippen LogP contribution < -0.4 is 15.2 Å². The number of hydrogen-bond acceptors (Lipinski definition) is 3. The second-order valence-corrected chi connectivity index (χ2v) is 4.19. The normalized spacial score (nSPS) is 11.3. The first-order valence-electron chi connectivity index (χ1n) is 6.21. The number of methoxy groups -OCH3 is 1. The van der Waals surface area contributed by atoms with Gasteiger partial charge < -0.3 is 15.2 Å². The number of nitrogens with two attached hydrogens (primary N) is 1. The fourth-order valence-corrected chi connectivity index (χ4v) is 1.36. The number of hydrogen-bond donors (Lipinski definition) is 1. The van der Waals surface area contributed by atoms with Crippen molar-refractivity contribution in [3.05, 3.63) is 23.8 Å². The van der Waals surface area contributed by atoms with Gasteiger partial charge >= 0.3 is 0 Å². The highest BCUT2D eigenvalue weighted by molar-refractivity contribution is 5.50. The van der Waals surface area contributed by atoms with Crippen LogP contribution in [0.4, 0.5) is 0 Å². The minimum absolute atomic E-state index is 0.335. The van der Waals surface area contributed by atoms with Crippen LogP contribution in [-0.2, 0) is 0 Å². The zero-order chi connectivity index (χ0) is 13.4. The van der Waals surface area contributed by atoms with E-state index in [2.05, 4.69) is 25.7 Å². The third kappa shape index (κ3) is 4.31. The summed E-state index contributed by atoms with van der Waals surface area (Å²) in [5.41, 5.74) is 6.22. The van der Waals surface area contributed by atoms with Gasteiger partial charge in [-0.3, -0.25) is 0 Å². The fraction of sp³-hybridized carbons (Fsp3) is 0.467. The van der Waals surface area contributed by atoms with E-state index in [1.54, 1.807) is 7.11 Å². The summed E-state index contributed by atoms with van der Waals surface area (Å²) in [7, 11) is 1.63. The molecule has 98 valence electrons. The molecule has 3 heteroatoms. The van der Waals surface area contributed by atoms with E-state index in [1.165, 1.54) is 0 Å². The molecule has 3 nitrogen and oxygen atoms in total. The summed E-state index contributed by atoms with van der Waals surface area (Å²) in [4.78, 5) is 0. The van der Waals surface area contributed by atoms with Crippen molar-refractivity contribution in [3.63, 3.8) is 0 Å². The van der Waals surface area contributed by atoms with Crippen molar-refractivity contribution in [2.45, 2.75) is 20.3 Å². The highest BCUT2D eigenvalue weighted by atomic mass is 16.5. The van der Waals surface area contributed by atoms with Gasteiger partial charge in [-0.05, 0) is 24.1 Å². The summed E-state index contributed by atoms with van der Waals surface area (Å²) in [5, 5.41) is 0. The Balaban J connectivity index is 2.88. The predicted molar refractivity (Wildman–Crippen MR) is 73.9 cm³/mol. The molecule has 0 heterocycles. The monoisotopic (exact) mass is 247 g/mol. The molecule has 0 bridgehead atoms. The predicted octanol–water partition coefficient (Wildman–Crippen LogP) is 2.43. The van der Waals surface area contributed by atoms with Crippen molar-refractivity contribution >= 4 is 0 Å². The van der Waals surface area contributed by atoms with Gasteiger partial charge in [-0.15, -0.1) is 0 Å². The quantitative estimate of drug-likeness (QED) is 0.813. The third-order valence-corrected chi connectivity index (χ3v) is 2.73. The van der Waals surface area contributed by atoms with Crippen molar-refractivity contribution in [3.8, 4) is 23.3 Å². The summed E-state index contributed by atoms with van der Waals surface area (Å²) in [6, 6.07) is 5.63. The minimum atomic E-state index is 0.335. The molecular weight excluding hydrogens is 226 g/mol. The van der Waals surface area contributed by atoms with Crippen molar-refractivity contribution in [1.82, 2.24) is 0 Å². The molecule has 0 fully saturated rings. The van der Waals surface area contributed by atoms with Crippen LogP contribution in [0.15, 0.2) is 18.2 Å². The van der Waals surface area contributed by atoms with Gasteiger partial charge in [0.2, 0.25) is 0 Å². The second kappa shape index (κ2) is 7.62. The average molecular weight is 247 g/mol. The van der Waals surface area contributed by atoms with Crippen LogP contribution >= 0.6 is 0 Å². The standard InChI is InChI=1S/C15H21NO2/c1-4-12(2)11-18-15-8-7-14(17-3)10-13(15)6-5-9-16/h7-8,10,12H,4,9,11,16H2,1-3H3. The average Bonchev–Trinajstić information content (AvgIpc) is 2.42. The Morgan fingerprint density at radius 3 is 2.78 bits per heavy atom. The van der Waals surface area contributed by atoms with Crippen LogP contribution in [0.1, 0.15) is 25.8 Å². The topological polar surface area (TPSA) is 44.5 Å². The van der Waals surface area contributed by atoms with E-state index in [4.69, 9.17) is 15.2 Å². The Hall–Kier alpha value is -1.66. The molecule has 0 amide bonds. The first-order valence-corrected chi connectivity index (χ1v) is 6.21. The van der Waals surface area contributed by atoms with Gasteiger partial charge in [0.1, 0.15) is 11.5 Å². The molecule has 0 aliphatic carbocycles. The molecule has 18 heavy (non-hydrogen) atoms. The molecule has 0 spiro atoms. The Morgan fingerprint density at radius 2 is 2.17 bits per heavy atom. The van der Waals surface area contributed by atoms with Crippen LogP contribution in [0.5, 0.6) is 11.5 Å². The van der Waals surface area contributed by atoms with Gasteiger partial charge in [-0.2, -0.15) is 0 Å².